The van der Waals surface area contributed by atoms with E-state index in [1.54, 1.807) is 0 Å². The van der Waals surface area contributed by atoms with Crippen LogP contribution >= 0.6 is 0 Å². The zero-order valence-corrected chi connectivity index (χ0v) is 14.1. The average Bonchev–Trinajstić information content (AvgIpc) is 2.92. The van der Waals surface area contributed by atoms with Crippen LogP contribution in [0, 0.1) is 0 Å². The van der Waals surface area contributed by atoms with E-state index in [2.05, 4.69) is 0 Å². The van der Waals surface area contributed by atoms with Crippen molar-refractivity contribution in [2.24, 2.45) is 5.73 Å². The van der Waals surface area contributed by atoms with E-state index in [0.717, 1.165) is 0 Å². The Hall–Kier alpha value is -2.91. The Bertz CT molecular complexity index is 857. The highest BCUT2D eigenvalue weighted by molar-refractivity contribution is 6.26. The molecule has 2 aliphatic carbocycles. The highest BCUT2D eigenvalue weighted by Gasteiger charge is 2.44. The van der Waals surface area contributed by atoms with Gasteiger partial charge in [0.05, 0.1) is 20.8 Å². The molecule has 1 aromatic carbocycles. The van der Waals surface area contributed by atoms with Gasteiger partial charge in [0.25, 0.3) is 0 Å². The molecule has 0 bridgehead atoms. The summed E-state index contributed by atoms with van der Waals surface area (Å²) in [5.74, 6) is -1.66. The number of Topliss-reactive ketones (excluding diaryl/α,β-unsaturated/α-hetero) is 2. The molecule has 0 heterocycles. The molecule has 4 N–H and O–H groups in total. The van der Waals surface area contributed by atoms with Gasteiger partial charge in [-0.05, 0) is 22.8 Å². The van der Waals surface area contributed by atoms with E-state index in [4.69, 9.17) is 19.9 Å². The number of nitrogens with two attached hydrogens (primary N) is 1. The molecule has 26 heavy (non-hydrogen) atoms. The Labute approximate surface area is 147 Å². The zero-order valence-electron chi connectivity index (χ0n) is 14.1. The largest absolute Gasteiger partial charge is 0.489 e. The van der Waals surface area contributed by atoms with Crippen LogP contribution in [0.4, 0.5) is 4.79 Å². The van der Waals surface area contributed by atoms with Crippen molar-refractivity contribution in [2.75, 3.05) is 14.2 Å². The molecule has 2 aliphatic rings. The molecule has 0 saturated heterocycles. The monoisotopic (exact) mass is 363 g/mol. The number of hydrogen-bond donors (Lipinski definition) is 3. The van der Waals surface area contributed by atoms with Gasteiger partial charge in [-0.25, -0.2) is 4.79 Å². The van der Waals surface area contributed by atoms with E-state index in [1.807, 2.05) is 0 Å². The smallest absolute Gasteiger partial charge is 0.404 e. The maximum atomic E-state index is 12.9. The van der Waals surface area contributed by atoms with Gasteiger partial charge in [0.1, 0.15) is 12.2 Å². The molecule has 0 aliphatic heterocycles. The van der Waals surface area contributed by atoms with Crippen LogP contribution in [0.5, 0.6) is 0 Å². The Morgan fingerprint density at radius 2 is 1.85 bits per heavy atom. The standard InChI is InChI=1S/C17H17NO8/c1-24-15-12(20)8-3-6(5-19)10-7(11(8)14(22)16(15)25-2)4-9(13(10)21)26-17(18)23/h3,9,13,19,21H,4-5H2,1-2H3,(H2,18,23). The van der Waals surface area contributed by atoms with Gasteiger partial charge in [-0.1, -0.05) is 0 Å². The molecule has 138 valence electrons. The number of aliphatic hydroxyl groups excluding tert-OH is 2. The van der Waals surface area contributed by atoms with Crippen molar-refractivity contribution in [1.29, 1.82) is 0 Å². The summed E-state index contributed by atoms with van der Waals surface area (Å²) in [7, 11) is 2.48. The maximum Gasteiger partial charge on any atom is 0.404 e. The van der Waals surface area contributed by atoms with Crippen molar-refractivity contribution >= 4 is 17.7 Å². The lowest BCUT2D eigenvalue weighted by atomic mass is 9.84. The van der Waals surface area contributed by atoms with Crippen molar-refractivity contribution in [3.8, 4) is 0 Å². The number of hydrogen-bond acceptors (Lipinski definition) is 8. The third-order valence-electron chi connectivity index (χ3n) is 4.55. The average molecular weight is 363 g/mol. The molecule has 2 atom stereocenters. The zero-order chi connectivity index (χ0) is 19.2. The lowest BCUT2D eigenvalue weighted by Crippen LogP contribution is -2.27. The van der Waals surface area contributed by atoms with Crippen molar-refractivity contribution in [2.45, 2.75) is 25.2 Å². The fourth-order valence-electron chi connectivity index (χ4n) is 3.53. The van der Waals surface area contributed by atoms with Gasteiger partial charge in [0.15, 0.2) is 0 Å². The molecule has 0 fully saturated rings. The van der Waals surface area contributed by atoms with E-state index in [0.29, 0.717) is 5.56 Å². The first-order chi connectivity index (χ1) is 12.3. The quantitative estimate of drug-likeness (QED) is 0.683. The molecule has 9 heteroatoms. The van der Waals surface area contributed by atoms with Crippen LogP contribution in [-0.2, 0) is 27.2 Å². The topological polar surface area (TPSA) is 145 Å². The number of amides is 1. The first-order valence-corrected chi connectivity index (χ1v) is 7.70. The van der Waals surface area contributed by atoms with Gasteiger partial charge in [0.2, 0.25) is 23.1 Å². The minimum atomic E-state index is -1.29. The maximum absolute atomic E-state index is 12.9. The van der Waals surface area contributed by atoms with E-state index in [-0.39, 0.29) is 40.2 Å². The fourth-order valence-corrected chi connectivity index (χ4v) is 3.53. The van der Waals surface area contributed by atoms with Gasteiger partial charge < -0.3 is 30.2 Å². The predicted octanol–water partition coefficient (Wildman–Crippen LogP) is 0.116. The number of methoxy groups -OCH3 is 2. The molecule has 0 aromatic heterocycles. The summed E-state index contributed by atoms with van der Waals surface area (Å²) in [4.78, 5) is 36.6. The molecule has 0 spiro atoms. The number of fused-ring (bicyclic) bond motifs is 3. The molecule has 3 rings (SSSR count). The van der Waals surface area contributed by atoms with Crippen molar-refractivity contribution in [3.05, 3.63) is 45.4 Å². The number of primary amides is 1. The number of aliphatic hydroxyl groups is 2. The lowest BCUT2D eigenvalue weighted by molar-refractivity contribution is 0.0164. The molecule has 2 unspecified atom stereocenters. The predicted molar refractivity (Wildman–Crippen MR) is 85.2 cm³/mol. The summed E-state index contributed by atoms with van der Waals surface area (Å²) < 4.78 is 14.9. The number of carbonyl (C=O) groups is 3. The Morgan fingerprint density at radius 1 is 1.23 bits per heavy atom. The SMILES string of the molecule is COC1=C(OC)C(=O)c2c(cc(CO)c3c2CC(OC(N)=O)C3O)C1=O. The van der Waals surface area contributed by atoms with Crippen LogP contribution in [0.3, 0.4) is 0 Å². The number of ether oxygens (including phenoxy) is 3. The summed E-state index contributed by atoms with van der Waals surface area (Å²) in [5, 5.41) is 20.1. The van der Waals surface area contributed by atoms with Crippen LogP contribution in [-0.4, -0.2) is 48.2 Å². The number of benzene rings is 1. The molecule has 0 saturated carbocycles. The second-order valence-corrected chi connectivity index (χ2v) is 5.86. The second-order valence-electron chi connectivity index (χ2n) is 5.86. The lowest BCUT2D eigenvalue weighted by Gasteiger charge is -2.22. The highest BCUT2D eigenvalue weighted by Crippen LogP contribution is 2.42. The number of rotatable bonds is 4. The normalized spacial score (nSPS) is 21.4. The Balaban J connectivity index is 2.24. The third-order valence-corrected chi connectivity index (χ3v) is 4.55. The number of carbonyl (C=O) groups excluding carboxylic acids is 3. The fraction of sp³-hybridized carbons (Fsp3) is 0.353. The summed E-state index contributed by atoms with van der Waals surface area (Å²) in [6.07, 6.45) is -3.43. The number of ketones is 2. The summed E-state index contributed by atoms with van der Waals surface area (Å²) in [6, 6.07) is 1.33. The molecular formula is C17H17NO8. The van der Waals surface area contributed by atoms with Crippen LogP contribution in [0.2, 0.25) is 0 Å². The van der Waals surface area contributed by atoms with Crippen LogP contribution in [0.15, 0.2) is 17.6 Å². The summed E-state index contributed by atoms with van der Waals surface area (Å²) in [5.41, 5.74) is 5.89. The highest BCUT2D eigenvalue weighted by atomic mass is 16.6. The van der Waals surface area contributed by atoms with Crippen molar-refractivity contribution in [1.82, 2.24) is 0 Å². The second kappa shape index (κ2) is 6.43. The minimum absolute atomic E-state index is 0.0300. The number of allylic oxidation sites excluding steroid dienone is 2. The van der Waals surface area contributed by atoms with Crippen LogP contribution < -0.4 is 5.73 Å². The van der Waals surface area contributed by atoms with E-state index in [9.17, 15) is 24.6 Å². The summed E-state index contributed by atoms with van der Waals surface area (Å²) in [6.45, 7) is -0.486. The van der Waals surface area contributed by atoms with Crippen LogP contribution in [0.1, 0.15) is 43.5 Å². The first-order valence-electron chi connectivity index (χ1n) is 7.70. The van der Waals surface area contributed by atoms with E-state index >= 15 is 0 Å². The molecule has 1 amide bonds. The van der Waals surface area contributed by atoms with Crippen molar-refractivity contribution < 1.29 is 38.8 Å². The van der Waals surface area contributed by atoms with Gasteiger partial charge in [-0.15, -0.1) is 0 Å². The van der Waals surface area contributed by atoms with Gasteiger partial charge in [-0.2, -0.15) is 0 Å². The molecular weight excluding hydrogens is 346 g/mol. The van der Waals surface area contributed by atoms with Gasteiger partial charge in [0, 0.05) is 17.5 Å². The van der Waals surface area contributed by atoms with E-state index < -0.39 is 36.5 Å². The van der Waals surface area contributed by atoms with E-state index in [1.165, 1.54) is 20.3 Å². The minimum Gasteiger partial charge on any atom is -0.489 e. The third kappa shape index (κ3) is 2.44. The summed E-state index contributed by atoms with van der Waals surface area (Å²) >= 11 is 0. The molecule has 9 nitrogen and oxygen atoms in total. The van der Waals surface area contributed by atoms with Crippen molar-refractivity contribution in [3.63, 3.8) is 0 Å². The molecule has 0 radical (unpaired) electrons. The van der Waals surface area contributed by atoms with Gasteiger partial charge in [-0.3, -0.25) is 9.59 Å². The van der Waals surface area contributed by atoms with Gasteiger partial charge >= 0.3 is 6.09 Å². The molecule has 1 aromatic rings. The first kappa shape index (κ1) is 17.9. The Kier molecular flexibility index (Phi) is 4.43. The Morgan fingerprint density at radius 3 is 2.38 bits per heavy atom. The van der Waals surface area contributed by atoms with Crippen LogP contribution in [0.25, 0.3) is 0 Å².